The molecule has 5 heteroatoms. The fourth-order valence-electron chi connectivity index (χ4n) is 2.24. The van der Waals surface area contributed by atoms with Crippen molar-refractivity contribution in [2.75, 3.05) is 13.2 Å². The van der Waals surface area contributed by atoms with Gasteiger partial charge in [-0.25, -0.2) is 0 Å². The number of aromatic nitrogens is 1. The van der Waals surface area contributed by atoms with Gasteiger partial charge in [0, 0.05) is 37.9 Å². The van der Waals surface area contributed by atoms with E-state index in [4.69, 9.17) is 4.74 Å². The molecule has 0 aliphatic carbocycles. The first-order chi connectivity index (χ1) is 9.16. The molecule has 1 atom stereocenters. The molecule has 1 fully saturated rings. The fraction of sp³-hybridized carbons (Fsp3) is 0.571. The van der Waals surface area contributed by atoms with E-state index in [-0.39, 0.29) is 17.6 Å². The number of ether oxygens (including phenoxy) is 1. The molecule has 1 N–H and O–H groups in total. The number of carbonyl (C=O) groups is 1. The normalized spacial score (nSPS) is 18.5. The molecule has 1 amide bonds. The van der Waals surface area contributed by atoms with Crippen LogP contribution in [0.15, 0.2) is 23.0 Å². The number of amides is 1. The predicted molar refractivity (Wildman–Crippen MR) is 72.0 cm³/mol. The van der Waals surface area contributed by atoms with Gasteiger partial charge in [0.1, 0.15) is 0 Å². The molecule has 0 spiro atoms. The summed E-state index contributed by atoms with van der Waals surface area (Å²) in [5, 5.41) is 2.85. The van der Waals surface area contributed by atoms with Crippen molar-refractivity contribution in [1.29, 1.82) is 0 Å². The maximum Gasteiger partial charge on any atom is 0.250 e. The van der Waals surface area contributed by atoms with E-state index in [0.29, 0.717) is 19.5 Å². The summed E-state index contributed by atoms with van der Waals surface area (Å²) in [4.78, 5) is 23.3. The zero-order valence-corrected chi connectivity index (χ0v) is 11.2. The number of aryl methyl sites for hydroxylation is 1. The van der Waals surface area contributed by atoms with Crippen LogP contribution in [0.2, 0.25) is 0 Å². The molecule has 1 aromatic rings. The van der Waals surface area contributed by atoms with Gasteiger partial charge in [-0.1, -0.05) is 6.07 Å². The van der Waals surface area contributed by atoms with Gasteiger partial charge in [-0.2, -0.15) is 0 Å². The molecular formula is C14H20N2O3. The summed E-state index contributed by atoms with van der Waals surface area (Å²) in [6.45, 7) is 3.65. The zero-order chi connectivity index (χ0) is 13.7. The van der Waals surface area contributed by atoms with Crippen molar-refractivity contribution in [2.24, 2.45) is 0 Å². The van der Waals surface area contributed by atoms with Gasteiger partial charge >= 0.3 is 0 Å². The maximum atomic E-state index is 11.7. The van der Waals surface area contributed by atoms with Crippen LogP contribution in [-0.4, -0.2) is 29.7 Å². The molecule has 0 bridgehead atoms. The standard InChI is InChI=1S/C14H20N2O3/c1-11-4-2-6-14(18)16(11)8-7-13(17)15-10-12-5-3-9-19-12/h2,4,6,12H,3,5,7-10H2,1H3,(H,15,17)/t12-/m0/s1. The fourth-order valence-corrected chi connectivity index (χ4v) is 2.24. The smallest absolute Gasteiger partial charge is 0.250 e. The third kappa shape index (κ3) is 3.92. The van der Waals surface area contributed by atoms with E-state index in [9.17, 15) is 9.59 Å². The van der Waals surface area contributed by atoms with Crippen LogP contribution in [0.4, 0.5) is 0 Å². The Bertz CT molecular complexity index is 490. The number of carbonyl (C=O) groups excluding carboxylic acids is 1. The average molecular weight is 264 g/mol. The minimum atomic E-state index is -0.0630. The molecule has 2 rings (SSSR count). The second-order valence-electron chi connectivity index (χ2n) is 4.85. The number of rotatable bonds is 5. The monoisotopic (exact) mass is 264 g/mol. The molecule has 0 radical (unpaired) electrons. The largest absolute Gasteiger partial charge is 0.376 e. The SMILES string of the molecule is Cc1cccc(=O)n1CCC(=O)NC[C@@H]1CCCO1. The highest BCUT2D eigenvalue weighted by molar-refractivity contribution is 5.75. The van der Waals surface area contributed by atoms with Crippen LogP contribution in [0.5, 0.6) is 0 Å². The van der Waals surface area contributed by atoms with Gasteiger partial charge in [-0.05, 0) is 25.8 Å². The minimum Gasteiger partial charge on any atom is -0.376 e. The van der Waals surface area contributed by atoms with Crippen molar-refractivity contribution >= 4 is 5.91 Å². The first kappa shape index (κ1) is 13.8. The predicted octanol–water partition coefficient (Wildman–Crippen LogP) is 0.842. The minimum absolute atomic E-state index is 0.0364. The lowest BCUT2D eigenvalue weighted by Crippen LogP contribution is -2.33. The van der Waals surface area contributed by atoms with Gasteiger partial charge < -0.3 is 14.6 Å². The number of nitrogens with zero attached hydrogens (tertiary/aromatic N) is 1. The van der Waals surface area contributed by atoms with E-state index < -0.39 is 0 Å². The molecule has 0 unspecified atom stereocenters. The lowest BCUT2D eigenvalue weighted by molar-refractivity contribution is -0.121. The van der Waals surface area contributed by atoms with Crippen LogP contribution in [0.25, 0.3) is 0 Å². The molecule has 19 heavy (non-hydrogen) atoms. The quantitative estimate of drug-likeness (QED) is 0.857. The Morgan fingerprint density at radius 2 is 2.37 bits per heavy atom. The molecule has 2 heterocycles. The topological polar surface area (TPSA) is 60.3 Å². The average Bonchev–Trinajstić information content (AvgIpc) is 2.89. The zero-order valence-electron chi connectivity index (χ0n) is 11.2. The highest BCUT2D eigenvalue weighted by atomic mass is 16.5. The summed E-state index contributed by atoms with van der Waals surface area (Å²) < 4.78 is 7.05. The molecule has 5 nitrogen and oxygen atoms in total. The Balaban J connectivity index is 1.78. The number of pyridine rings is 1. The Morgan fingerprint density at radius 3 is 3.05 bits per heavy atom. The summed E-state index contributed by atoms with van der Waals surface area (Å²) in [5.41, 5.74) is 0.811. The maximum absolute atomic E-state index is 11.7. The van der Waals surface area contributed by atoms with Gasteiger partial charge in [0.15, 0.2) is 0 Å². The molecule has 1 aromatic heterocycles. The summed E-state index contributed by atoms with van der Waals surface area (Å²) in [6.07, 6.45) is 2.55. The van der Waals surface area contributed by atoms with Crippen LogP contribution in [0, 0.1) is 6.92 Å². The van der Waals surface area contributed by atoms with E-state index in [2.05, 4.69) is 5.32 Å². The Labute approximate surface area is 112 Å². The van der Waals surface area contributed by atoms with Crippen LogP contribution in [0.1, 0.15) is 25.0 Å². The van der Waals surface area contributed by atoms with Gasteiger partial charge in [-0.3, -0.25) is 9.59 Å². The number of hydrogen-bond acceptors (Lipinski definition) is 3. The van der Waals surface area contributed by atoms with Crippen molar-refractivity contribution in [2.45, 2.75) is 38.8 Å². The summed E-state index contributed by atoms with van der Waals surface area (Å²) in [5.74, 6) is -0.0364. The molecule has 104 valence electrons. The first-order valence-electron chi connectivity index (χ1n) is 6.71. The van der Waals surface area contributed by atoms with Crippen molar-refractivity contribution in [3.8, 4) is 0 Å². The molecule has 0 saturated carbocycles. The van der Waals surface area contributed by atoms with Crippen LogP contribution < -0.4 is 10.9 Å². The highest BCUT2D eigenvalue weighted by Crippen LogP contribution is 2.10. The van der Waals surface area contributed by atoms with E-state index in [1.54, 1.807) is 10.6 Å². The van der Waals surface area contributed by atoms with E-state index in [1.165, 1.54) is 6.07 Å². The molecule has 1 aliphatic rings. The summed E-state index contributed by atoms with van der Waals surface area (Å²) >= 11 is 0. The lowest BCUT2D eigenvalue weighted by atomic mass is 10.2. The molecule has 1 aliphatic heterocycles. The van der Waals surface area contributed by atoms with Crippen molar-refractivity contribution in [3.05, 3.63) is 34.2 Å². The highest BCUT2D eigenvalue weighted by Gasteiger charge is 2.16. The Hall–Kier alpha value is -1.62. The van der Waals surface area contributed by atoms with Crippen LogP contribution in [-0.2, 0) is 16.1 Å². The first-order valence-corrected chi connectivity index (χ1v) is 6.71. The second kappa shape index (κ2) is 6.52. The number of nitrogens with one attached hydrogen (secondary N) is 1. The van der Waals surface area contributed by atoms with Gasteiger partial charge in [-0.15, -0.1) is 0 Å². The second-order valence-corrected chi connectivity index (χ2v) is 4.85. The van der Waals surface area contributed by atoms with E-state index >= 15 is 0 Å². The lowest BCUT2D eigenvalue weighted by Gasteiger charge is -2.12. The van der Waals surface area contributed by atoms with Crippen LogP contribution in [0.3, 0.4) is 0 Å². The Kier molecular flexibility index (Phi) is 4.74. The van der Waals surface area contributed by atoms with E-state index in [1.807, 2.05) is 13.0 Å². The van der Waals surface area contributed by atoms with Gasteiger partial charge in [0.05, 0.1) is 6.10 Å². The summed E-state index contributed by atoms with van der Waals surface area (Å²) in [7, 11) is 0. The number of hydrogen-bond donors (Lipinski definition) is 1. The third-order valence-corrected chi connectivity index (χ3v) is 3.38. The Morgan fingerprint density at radius 1 is 1.53 bits per heavy atom. The molecule has 1 saturated heterocycles. The molecular weight excluding hydrogens is 244 g/mol. The molecule has 0 aromatic carbocycles. The van der Waals surface area contributed by atoms with Gasteiger partial charge in [0.2, 0.25) is 5.91 Å². The van der Waals surface area contributed by atoms with Crippen molar-refractivity contribution in [3.63, 3.8) is 0 Å². The van der Waals surface area contributed by atoms with Crippen molar-refractivity contribution in [1.82, 2.24) is 9.88 Å². The van der Waals surface area contributed by atoms with Crippen molar-refractivity contribution < 1.29 is 9.53 Å². The third-order valence-electron chi connectivity index (χ3n) is 3.38. The van der Waals surface area contributed by atoms with E-state index in [0.717, 1.165) is 25.1 Å². The summed E-state index contributed by atoms with van der Waals surface area (Å²) in [6, 6.07) is 5.11. The van der Waals surface area contributed by atoms with Gasteiger partial charge in [0.25, 0.3) is 5.56 Å². The van der Waals surface area contributed by atoms with Crippen LogP contribution >= 0.6 is 0 Å².